The highest BCUT2D eigenvalue weighted by molar-refractivity contribution is 5.91. The van der Waals surface area contributed by atoms with E-state index in [1.54, 1.807) is 12.3 Å². The van der Waals surface area contributed by atoms with Gasteiger partial charge in [0.15, 0.2) is 0 Å². The Hall–Kier alpha value is -3.18. The number of hydrogen-bond donors (Lipinski definition) is 2. The van der Waals surface area contributed by atoms with Gasteiger partial charge >= 0.3 is 0 Å². The van der Waals surface area contributed by atoms with E-state index in [1.165, 1.54) is 0 Å². The average Bonchev–Trinajstić information content (AvgIpc) is 2.80. The number of nitrogens with one attached hydrogen (secondary N) is 2. The van der Waals surface area contributed by atoms with Gasteiger partial charge in [-0.1, -0.05) is 66.7 Å². The van der Waals surface area contributed by atoms with Crippen LogP contribution in [0.3, 0.4) is 0 Å². The van der Waals surface area contributed by atoms with Crippen LogP contribution in [0.1, 0.15) is 36.4 Å². The van der Waals surface area contributed by atoms with Gasteiger partial charge in [-0.25, -0.2) is 0 Å². The Bertz CT molecular complexity index is 862. The fourth-order valence-corrected chi connectivity index (χ4v) is 3.42. The third-order valence-electron chi connectivity index (χ3n) is 5.04. The molecule has 0 bridgehead atoms. The summed E-state index contributed by atoms with van der Waals surface area (Å²) in [6.07, 6.45) is 8.96. The predicted octanol–water partition coefficient (Wildman–Crippen LogP) is 3.67. The molecule has 0 saturated carbocycles. The van der Waals surface area contributed by atoms with Gasteiger partial charge < -0.3 is 15.5 Å². The molecular formula is C25H29N3O2. The van der Waals surface area contributed by atoms with Crippen LogP contribution in [0, 0.1) is 0 Å². The molecule has 0 spiro atoms. The zero-order valence-electron chi connectivity index (χ0n) is 17.2. The molecule has 30 heavy (non-hydrogen) atoms. The topological polar surface area (TPSA) is 61.4 Å². The van der Waals surface area contributed by atoms with Gasteiger partial charge in [0.1, 0.15) is 0 Å². The van der Waals surface area contributed by atoms with Crippen molar-refractivity contribution in [2.24, 2.45) is 0 Å². The van der Waals surface area contributed by atoms with Crippen molar-refractivity contribution in [3.8, 4) is 0 Å². The molecule has 1 heterocycles. The van der Waals surface area contributed by atoms with Crippen LogP contribution in [0.2, 0.25) is 0 Å². The molecule has 3 rings (SSSR count). The first-order valence-electron chi connectivity index (χ1n) is 10.5. The molecule has 2 amide bonds. The van der Waals surface area contributed by atoms with Crippen LogP contribution in [0.5, 0.6) is 0 Å². The predicted molar refractivity (Wildman–Crippen MR) is 120 cm³/mol. The fraction of sp³-hybridized carbons (Fsp3) is 0.280. The van der Waals surface area contributed by atoms with Crippen LogP contribution >= 0.6 is 0 Å². The van der Waals surface area contributed by atoms with E-state index in [1.807, 2.05) is 77.7 Å². The van der Waals surface area contributed by atoms with Crippen molar-refractivity contribution in [2.45, 2.75) is 25.3 Å². The van der Waals surface area contributed by atoms with Crippen LogP contribution in [0.15, 0.2) is 79.0 Å². The van der Waals surface area contributed by atoms with Crippen LogP contribution in [-0.2, 0) is 9.59 Å². The normalized spacial score (nSPS) is 19.9. The first kappa shape index (κ1) is 21.5. The molecule has 1 aliphatic rings. The lowest BCUT2D eigenvalue weighted by molar-refractivity contribution is -0.126. The minimum absolute atomic E-state index is 0.00534. The van der Waals surface area contributed by atoms with Crippen molar-refractivity contribution in [3.63, 3.8) is 0 Å². The summed E-state index contributed by atoms with van der Waals surface area (Å²) in [4.78, 5) is 26.9. The summed E-state index contributed by atoms with van der Waals surface area (Å²) in [6.45, 7) is 2.01. The second-order valence-corrected chi connectivity index (χ2v) is 7.30. The molecule has 156 valence electrons. The lowest BCUT2D eigenvalue weighted by Crippen LogP contribution is -2.34. The lowest BCUT2D eigenvalue weighted by Gasteiger charge is -2.22. The number of amides is 2. The van der Waals surface area contributed by atoms with E-state index in [9.17, 15) is 9.59 Å². The molecule has 0 aromatic heterocycles. The van der Waals surface area contributed by atoms with Crippen molar-refractivity contribution in [3.05, 3.63) is 90.1 Å². The minimum Gasteiger partial charge on any atom is -0.339 e. The molecule has 1 aliphatic heterocycles. The van der Waals surface area contributed by atoms with Crippen LogP contribution in [0.25, 0.3) is 6.08 Å². The molecule has 0 aliphatic carbocycles. The maximum absolute atomic E-state index is 12.7. The van der Waals surface area contributed by atoms with E-state index in [0.29, 0.717) is 25.9 Å². The number of hydrogen-bond acceptors (Lipinski definition) is 3. The highest BCUT2D eigenvalue weighted by Gasteiger charge is 2.16. The van der Waals surface area contributed by atoms with Crippen molar-refractivity contribution in [1.29, 1.82) is 0 Å². The molecule has 0 saturated heterocycles. The highest BCUT2D eigenvalue weighted by atomic mass is 16.2. The van der Waals surface area contributed by atoms with E-state index < -0.39 is 0 Å². The van der Waals surface area contributed by atoms with Gasteiger partial charge in [0, 0.05) is 31.6 Å². The van der Waals surface area contributed by atoms with Gasteiger partial charge in [-0.15, -0.1) is 0 Å². The number of benzene rings is 2. The van der Waals surface area contributed by atoms with Crippen molar-refractivity contribution < 1.29 is 9.59 Å². The smallest absolute Gasteiger partial charge is 0.246 e. The second-order valence-electron chi connectivity index (χ2n) is 7.30. The zero-order valence-corrected chi connectivity index (χ0v) is 17.2. The van der Waals surface area contributed by atoms with Crippen molar-refractivity contribution in [2.75, 3.05) is 19.6 Å². The molecule has 5 heteroatoms. The Morgan fingerprint density at radius 3 is 2.50 bits per heavy atom. The van der Waals surface area contributed by atoms with Gasteiger partial charge in [-0.05, 0) is 42.8 Å². The van der Waals surface area contributed by atoms with E-state index in [-0.39, 0.29) is 17.9 Å². The third-order valence-corrected chi connectivity index (χ3v) is 5.04. The van der Waals surface area contributed by atoms with Gasteiger partial charge in [0.05, 0.1) is 0 Å². The Morgan fingerprint density at radius 2 is 1.73 bits per heavy atom. The van der Waals surface area contributed by atoms with E-state index in [2.05, 4.69) is 10.6 Å². The monoisotopic (exact) mass is 403 g/mol. The summed E-state index contributed by atoms with van der Waals surface area (Å²) in [7, 11) is 0. The second kappa shape index (κ2) is 11.7. The summed E-state index contributed by atoms with van der Waals surface area (Å²) in [5.41, 5.74) is 2.09. The Balaban J connectivity index is 1.64. The largest absolute Gasteiger partial charge is 0.339 e. The summed E-state index contributed by atoms with van der Waals surface area (Å²) < 4.78 is 0. The average molecular weight is 404 g/mol. The Labute approximate surface area is 178 Å². The van der Waals surface area contributed by atoms with Crippen molar-refractivity contribution in [1.82, 2.24) is 15.5 Å². The van der Waals surface area contributed by atoms with E-state index >= 15 is 0 Å². The molecule has 2 aromatic carbocycles. The number of nitrogens with zero attached hydrogens (tertiary/aromatic N) is 1. The van der Waals surface area contributed by atoms with Gasteiger partial charge in [0.25, 0.3) is 0 Å². The summed E-state index contributed by atoms with van der Waals surface area (Å²) in [5.74, 6) is -0.0173. The fourth-order valence-electron chi connectivity index (χ4n) is 3.42. The molecule has 0 unspecified atom stereocenters. The van der Waals surface area contributed by atoms with Crippen LogP contribution < -0.4 is 10.6 Å². The zero-order chi connectivity index (χ0) is 21.0. The lowest BCUT2D eigenvalue weighted by atomic mass is 10.0. The highest BCUT2D eigenvalue weighted by Crippen LogP contribution is 2.16. The van der Waals surface area contributed by atoms with Gasteiger partial charge in [-0.3, -0.25) is 9.59 Å². The Morgan fingerprint density at radius 1 is 1.00 bits per heavy atom. The SMILES string of the molecule is O=C1C[C@H](c2ccccc2)NCCCN(C(=O)/C=C\c2ccccc2)CC/C=C/N1. The minimum atomic E-state index is -0.0533. The van der Waals surface area contributed by atoms with Gasteiger partial charge in [-0.2, -0.15) is 0 Å². The number of carbonyl (C=O) groups is 2. The van der Waals surface area contributed by atoms with E-state index in [4.69, 9.17) is 0 Å². The first-order valence-corrected chi connectivity index (χ1v) is 10.5. The van der Waals surface area contributed by atoms with E-state index in [0.717, 1.165) is 24.1 Å². The molecule has 0 fully saturated rings. The number of carbonyl (C=O) groups excluding carboxylic acids is 2. The standard InChI is InChI=1S/C25H29N3O2/c29-24-20-23(22-12-5-2-6-13-22)26-17-9-19-28(18-8-7-16-27-24)25(30)15-14-21-10-3-1-4-11-21/h1-7,10-16,23,26H,8-9,17-20H2,(H,27,29)/b15-14-,16-7+/t23-/m1/s1. The summed E-state index contributed by atoms with van der Waals surface area (Å²) in [6, 6.07) is 19.8. The molecule has 5 nitrogen and oxygen atoms in total. The number of rotatable bonds is 3. The molecule has 2 N–H and O–H groups in total. The Kier molecular flexibility index (Phi) is 8.42. The molecular weight excluding hydrogens is 374 g/mol. The maximum Gasteiger partial charge on any atom is 0.246 e. The third kappa shape index (κ3) is 7.01. The van der Waals surface area contributed by atoms with Crippen molar-refractivity contribution >= 4 is 17.9 Å². The molecule has 1 atom stereocenters. The van der Waals surface area contributed by atoms with Crippen LogP contribution in [0.4, 0.5) is 0 Å². The van der Waals surface area contributed by atoms with Gasteiger partial charge in [0.2, 0.25) is 11.8 Å². The van der Waals surface area contributed by atoms with Crippen LogP contribution in [-0.4, -0.2) is 36.3 Å². The molecule has 0 radical (unpaired) electrons. The maximum atomic E-state index is 12.7. The summed E-state index contributed by atoms with van der Waals surface area (Å²) >= 11 is 0. The first-order chi connectivity index (χ1) is 14.7. The molecule has 2 aromatic rings. The summed E-state index contributed by atoms with van der Waals surface area (Å²) in [5, 5.41) is 6.32. The quantitative estimate of drug-likeness (QED) is 0.769.